The van der Waals surface area contributed by atoms with Crippen molar-refractivity contribution in [3.05, 3.63) is 67.0 Å². The molecule has 0 spiro atoms. The average molecular weight is 395 g/mol. The molecule has 0 saturated heterocycles. The third kappa shape index (κ3) is 2.33. The van der Waals surface area contributed by atoms with Crippen molar-refractivity contribution in [3.8, 4) is 0 Å². The zero-order valence-electron chi connectivity index (χ0n) is 15.5. The average Bonchev–Trinajstić information content (AvgIpc) is 2.91. The number of rotatable bonds is 3. The number of aromatic nitrogens is 2. The molecule has 11 nitrogen and oxygen atoms in total. The van der Waals surface area contributed by atoms with Gasteiger partial charge in [-0.3, -0.25) is 34.5 Å². The molecule has 0 saturated carbocycles. The lowest BCUT2D eigenvalue weighted by atomic mass is 9.91. The van der Waals surface area contributed by atoms with Gasteiger partial charge in [-0.25, -0.2) is 4.90 Å². The summed E-state index contributed by atoms with van der Waals surface area (Å²) in [7, 11) is 1.67. The first-order valence-electron chi connectivity index (χ1n) is 8.42. The van der Waals surface area contributed by atoms with Crippen LogP contribution in [0.5, 0.6) is 0 Å². The predicted octanol–water partition coefficient (Wildman–Crippen LogP) is 2.81. The standard InChI is InChI=1S/C18H13N5O6/c1-8-16(9(2)20(3)19-8)21-17(24)10-4-6-12(22(26)27)15-13(23(28)29)7-5-11(14(10)15)18(21)25/h4-7H,1-3H3. The number of amides is 2. The molecule has 2 amide bonds. The molecule has 2 aromatic carbocycles. The summed E-state index contributed by atoms with van der Waals surface area (Å²) >= 11 is 0. The molecule has 146 valence electrons. The van der Waals surface area contributed by atoms with E-state index in [1.807, 2.05) is 0 Å². The maximum Gasteiger partial charge on any atom is 0.284 e. The van der Waals surface area contributed by atoms with Gasteiger partial charge in [0.15, 0.2) is 0 Å². The van der Waals surface area contributed by atoms with Gasteiger partial charge in [0.2, 0.25) is 0 Å². The number of hydrogen-bond donors (Lipinski definition) is 0. The van der Waals surface area contributed by atoms with E-state index >= 15 is 0 Å². The fourth-order valence-electron chi connectivity index (χ4n) is 3.74. The van der Waals surface area contributed by atoms with Gasteiger partial charge in [0.05, 0.1) is 26.9 Å². The Morgan fingerprint density at radius 3 is 1.72 bits per heavy atom. The Kier molecular flexibility index (Phi) is 3.72. The van der Waals surface area contributed by atoms with E-state index < -0.39 is 33.0 Å². The highest BCUT2D eigenvalue weighted by molar-refractivity contribution is 6.37. The summed E-state index contributed by atoms with van der Waals surface area (Å²) in [6.45, 7) is 3.35. The van der Waals surface area contributed by atoms with Gasteiger partial charge < -0.3 is 0 Å². The third-order valence-corrected chi connectivity index (χ3v) is 5.07. The van der Waals surface area contributed by atoms with Crippen LogP contribution >= 0.6 is 0 Å². The zero-order valence-corrected chi connectivity index (χ0v) is 15.5. The number of non-ortho nitro benzene ring substituents is 2. The molecule has 0 aliphatic carbocycles. The van der Waals surface area contributed by atoms with Crippen molar-refractivity contribution in [3.63, 3.8) is 0 Å². The molecule has 1 aliphatic heterocycles. The Morgan fingerprint density at radius 2 is 1.34 bits per heavy atom. The number of anilines is 1. The molecule has 2 heterocycles. The van der Waals surface area contributed by atoms with Gasteiger partial charge >= 0.3 is 0 Å². The number of nitro groups is 2. The number of hydrogen-bond acceptors (Lipinski definition) is 7. The minimum atomic E-state index is -0.771. The van der Waals surface area contributed by atoms with Gasteiger partial charge in [0.25, 0.3) is 23.2 Å². The van der Waals surface area contributed by atoms with E-state index in [4.69, 9.17) is 0 Å². The van der Waals surface area contributed by atoms with Gasteiger partial charge in [0, 0.05) is 35.7 Å². The molecule has 0 radical (unpaired) electrons. The first kappa shape index (κ1) is 18.2. The number of benzene rings is 2. The Balaban J connectivity index is 2.10. The Labute approximate surface area is 162 Å². The Bertz CT molecular complexity index is 1220. The van der Waals surface area contributed by atoms with Crippen LogP contribution in [0.25, 0.3) is 10.8 Å². The van der Waals surface area contributed by atoms with E-state index in [0.29, 0.717) is 17.1 Å². The minimum Gasteiger partial charge on any atom is -0.270 e. The van der Waals surface area contributed by atoms with Crippen LogP contribution in [0.1, 0.15) is 32.1 Å². The molecule has 1 aliphatic rings. The van der Waals surface area contributed by atoms with Crippen LogP contribution in [0.3, 0.4) is 0 Å². The lowest BCUT2D eigenvalue weighted by molar-refractivity contribution is -0.390. The number of nitro benzene ring substituents is 2. The second-order valence-electron chi connectivity index (χ2n) is 6.62. The molecule has 0 fully saturated rings. The van der Waals surface area contributed by atoms with Crippen LogP contribution in [0.15, 0.2) is 24.3 Å². The molecule has 0 atom stereocenters. The summed E-state index contributed by atoms with van der Waals surface area (Å²) in [6, 6.07) is 4.53. The lowest BCUT2D eigenvalue weighted by Crippen LogP contribution is -2.41. The normalized spacial score (nSPS) is 13.3. The van der Waals surface area contributed by atoms with E-state index in [9.17, 15) is 29.8 Å². The number of carbonyl (C=O) groups is 2. The Morgan fingerprint density at radius 1 is 0.862 bits per heavy atom. The zero-order chi connectivity index (χ0) is 21.2. The van der Waals surface area contributed by atoms with Crippen molar-refractivity contribution in [2.75, 3.05) is 4.90 Å². The Hall–Kier alpha value is -4.15. The van der Waals surface area contributed by atoms with Crippen molar-refractivity contribution in [1.82, 2.24) is 9.78 Å². The van der Waals surface area contributed by atoms with Crippen molar-refractivity contribution < 1.29 is 19.4 Å². The lowest BCUT2D eigenvalue weighted by Gasteiger charge is -2.27. The third-order valence-electron chi connectivity index (χ3n) is 5.07. The molecule has 3 aromatic rings. The van der Waals surface area contributed by atoms with Crippen LogP contribution in [-0.2, 0) is 7.05 Å². The molecule has 1 aromatic heterocycles. The summed E-state index contributed by atoms with van der Waals surface area (Å²) in [6.07, 6.45) is 0. The fourth-order valence-corrected chi connectivity index (χ4v) is 3.74. The van der Waals surface area contributed by atoms with Crippen molar-refractivity contribution >= 4 is 39.6 Å². The van der Waals surface area contributed by atoms with Gasteiger partial charge in [-0.05, 0) is 26.0 Å². The maximum atomic E-state index is 13.2. The maximum absolute atomic E-state index is 13.2. The molecular formula is C18H13N5O6. The summed E-state index contributed by atoms with van der Waals surface area (Å²) in [4.78, 5) is 48.8. The molecule has 4 rings (SSSR count). The van der Waals surface area contributed by atoms with E-state index in [-0.39, 0.29) is 21.9 Å². The van der Waals surface area contributed by atoms with Gasteiger partial charge in [-0.2, -0.15) is 5.10 Å². The quantitative estimate of drug-likeness (QED) is 0.377. The van der Waals surface area contributed by atoms with E-state index in [0.717, 1.165) is 17.0 Å². The molecule has 29 heavy (non-hydrogen) atoms. The summed E-state index contributed by atoms with van der Waals surface area (Å²) in [5, 5.41) is 26.7. The smallest absolute Gasteiger partial charge is 0.270 e. The predicted molar refractivity (Wildman–Crippen MR) is 101 cm³/mol. The highest BCUT2D eigenvalue weighted by atomic mass is 16.6. The van der Waals surface area contributed by atoms with E-state index in [1.54, 1.807) is 20.9 Å². The molecule has 0 unspecified atom stereocenters. The minimum absolute atomic E-state index is 0.0217. The summed E-state index contributed by atoms with van der Waals surface area (Å²) in [5.74, 6) is -1.44. The first-order chi connectivity index (χ1) is 13.6. The van der Waals surface area contributed by atoms with Crippen molar-refractivity contribution in [1.29, 1.82) is 0 Å². The van der Waals surface area contributed by atoms with Gasteiger partial charge in [0.1, 0.15) is 5.39 Å². The number of aryl methyl sites for hydroxylation is 2. The topological polar surface area (TPSA) is 141 Å². The number of nitrogens with zero attached hydrogens (tertiary/aromatic N) is 5. The van der Waals surface area contributed by atoms with Crippen LogP contribution in [-0.4, -0.2) is 31.4 Å². The number of carbonyl (C=O) groups excluding carboxylic acids is 2. The van der Waals surface area contributed by atoms with Crippen molar-refractivity contribution in [2.24, 2.45) is 7.05 Å². The first-order valence-corrected chi connectivity index (χ1v) is 8.42. The molecule has 11 heteroatoms. The number of imide groups is 1. The fraction of sp³-hybridized carbons (Fsp3) is 0.167. The summed E-state index contributed by atoms with van der Waals surface area (Å²) < 4.78 is 1.53. The van der Waals surface area contributed by atoms with Crippen LogP contribution in [0.4, 0.5) is 17.1 Å². The van der Waals surface area contributed by atoms with Crippen LogP contribution < -0.4 is 4.90 Å². The second-order valence-corrected chi connectivity index (χ2v) is 6.62. The van der Waals surface area contributed by atoms with E-state index in [1.165, 1.54) is 16.8 Å². The highest BCUT2D eigenvalue weighted by Gasteiger charge is 2.40. The van der Waals surface area contributed by atoms with Crippen molar-refractivity contribution in [2.45, 2.75) is 13.8 Å². The van der Waals surface area contributed by atoms with E-state index in [2.05, 4.69) is 5.10 Å². The molecular weight excluding hydrogens is 382 g/mol. The highest BCUT2D eigenvalue weighted by Crippen LogP contribution is 2.42. The summed E-state index contributed by atoms with van der Waals surface area (Å²) in [5.41, 5.74) is 0.222. The monoisotopic (exact) mass is 395 g/mol. The molecule has 0 bridgehead atoms. The largest absolute Gasteiger partial charge is 0.284 e. The SMILES string of the molecule is Cc1nn(C)c(C)c1N1C(=O)c2ccc([N+](=O)[O-])c3c([N+](=O)[O-])ccc(c23)C1=O. The van der Waals surface area contributed by atoms with Gasteiger partial charge in [-0.15, -0.1) is 0 Å². The van der Waals surface area contributed by atoms with Crippen LogP contribution in [0.2, 0.25) is 0 Å². The molecule has 0 N–H and O–H groups in total. The second kappa shape index (κ2) is 5.92. The van der Waals surface area contributed by atoms with Gasteiger partial charge in [-0.1, -0.05) is 0 Å². The van der Waals surface area contributed by atoms with Crippen LogP contribution in [0, 0.1) is 34.1 Å².